The highest BCUT2D eigenvalue weighted by Crippen LogP contribution is 2.21. The largest absolute Gasteiger partial charge is 0.370 e. The second-order valence-electron chi connectivity index (χ2n) is 4.34. The molecule has 0 bridgehead atoms. The molecule has 21 heavy (non-hydrogen) atoms. The van der Waals surface area contributed by atoms with Gasteiger partial charge in [-0.05, 0) is 30.7 Å². The number of halogens is 2. The Morgan fingerprint density at radius 2 is 2.10 bits per heavy atom. The summed E-state index contributed by atoms with van der Waals surface area (Å²) in [6.07, 6.45) is 0.977. The van der Waals surface area contributed by atoms with Crippen molar-refractivity contribution in [3.63, 3.8) is 0 Å². The molecule has 112 valence electrons. The van der Waals surface area contributed by atoms with Crippen molar-refractivity contribution >= 4 is 46.3 Å². The van der Waals surface area contributed by atoms with Gasteiger partial charge in [-0.2, -0.15) is 0 Å². The minimum absolute atomic E-state index is 0.223. The minimum Gasteiger partial charge on any atom is -0.370 e. The lowest BCUT2D eigenvalue weighted by atomic mass is 10.3. The maximum absolute atomic E-state index is 12.2. The van der Waals surface area contributed by atoms with E-state index in [2.05, 4.69) is 22.5 Å². The van der Waals surface area contributed by atoms with E-state index >= 15 is 0 Å². The number of aromatic nitrogens is 1. The number of rotatable bonds is 6. The van der Waals surface area contributed by atoms with Crippen molar-refractivity contribution in [2.75, 3.05) is 11.9 Å². The molecule has 0 atom stereocenters. The third-order valence-electron chi connectivity index (χ3n) is 2.67. The Hall–Kier alpha value is -1.30. The number of hydrogen-bond acceptors (Lipinski definition) is 4. The van der Waals surface area contributed by atoms with Crippen LogP contribution in [-0.2, 0) is 6.54 Å². The summed E-state index contributed by atoms with van der Waals surface area (Å²) in [5, 5.41) is 6.25. The average molecular weight is 344 g/mol. The third-order valence-corrected chi connectivity index (χ3v) is 4.21. The van der Waals surface area contributed by atoms with Crippen LogP contribution in [0.1, 0.15) is 28.7 Å². The van der Waals surface area contributed by atoms with Crippen molar-refractivity contribution in [3.05, 3.63) is 44.2 Å². The molecule has 0 aliphatic carbocycles. The van der Waals surface area contributed by atoms with Gasteiger partial charge in [-0.15, -0.1) is 11.3 Å². The zero-order valence-corrected chi connectivity index (χ0v) is 13.8. The van der Waals surface area contributed by atoms with Crippen molar-refractivity contribution in [2.45, 2.75) is 19.9 Å². The van der Waals surface area contributed by atoms with Crippen molar-refractivity contribution in [1.29, 1.82) is 0 Å². The van der Waals surface area contributed by atoms with Crippen LogP contribution in [0.4, 0.5) is 5.82 Å². The van der Waals surface area contributed by atoms with Gasteiger partial charge < -0.3 is 10.6 Å². The van der Waals surface area contributed by atoms with E-state index in [4.69, 9.17) is 23.2 Å². The van der Waals surface area contributed by atoms with E-state index in [1.165, 1.54) is 11.3 Å². The van der Waals surface area contributed by atoms with Crippen LogP contribution in [0.15, 0.2) is 24.3 Å². The number of nitrogens with zero attached hydrogens (tertiary/aromatic N) is 1. The van der Waals surface area contributed by atoms with Crippen molar-refractivity contribution < 1.29 is 4.79 Å². The molecule has 1 amide bonds. The molecular weight excluding hydrogens is 329 g/mol. The maximum Gasteiger partial charge on any atom is 0.271 e. The molecule has 2 rings (SSSR count). The Balaban J connectivity index is 2.03. The molecular formula is C14H15Cl2N3OS. The molecule has 0 aliphatic rings. The van der Waals surface area contributed by atoms with Crippen molar-refractivity contribution in [2.24, 2.45) is 0 Å². The zero-order chi connectivity index (χ0) is 15.2. The summed E-state index contributed by atoms with van der Waals surface area (Å²) in [7, 11) is 0. The van der Waals surface area contributed by atoms with Gasteiger partial charge in [-0.1, -0.05) is 30.1 Å². The van der Waals surface area contributed by atoms with Gasteiger partial charge in [0.05, 0.1) is 15.9 Å². The lowest BCUT2D eigenvalue weighted by Gasteiger charge is -2.08. The Bertz CT molecular complexity index is 630. The Morgan fingerprint density at radius 3 is 2.76 bits per heavy atom. The first-order valence-electron chi connectivity index (χ1n) is 6.53. The first-order chi connectivity index (χ1) is 10.1. The van der Waals surface area contributed by atoms with Gasteiger partial charge in [0.1, 0.15) is 11.5 Å². The molecule has 0 aromatic carbocycles. The summed E-state index contributed by atoms with van der Waals surface area (Å²) >= 11 is 13.3. The SMILES string of the molecule is CCCNc1ccc(Cl)c(C(=O)NCc2ccc(Cl)s2)n1. The van der Waals surface area contributed by atoms with Crippen LogP contribution >= 0.6 is 34.5 Å². The molecule has 2 aromatic heterocycles. The molecule has 4 nitrogen and oxygen atoms in total. The summed E-state index contributed by atoms with van der Waals surface area (Å²) in [4.78, 5) is 17.4. The number of hydrogen-bond donors (Lipinski definition) is 2. The Morgan fingerprint density at radius 1 is 1.29 bits per heavy atom. The van der Waals surface area contributed by atoms with Gasteiger partial charge in [0.25, 0.3) is 5.91 Å². The number of carbonyl (C=O) groups is 1. The first-order valence-corrected chi connectivity index (χ1v) is 8.10. The molecule has 7 heteroatoms. The molecule has 0 aliphatic heterocycles. The maximum atomic E-state index is 12.2. The third kappa shape index (κ3) is 4.59. The lowest BCUT2D eigenvalue weighted by Crippen LogP contribution is -2.24. The van der Waals surface area contributed by atoms with Gasteiger partial charge in [-0.3, -0.25) is 4.79 Å². The molecule has 2 aromatic rings. The van der Waals surface area contributed by atoms with E-state index in [1.807, 2.05) is 6.07 Å². The predicted octanol–water partition coefficient (Wildman–Crippen LogP) is 4.20. The van der Waals surface area contributed by atoms with Crippen LogP contribution in [-0.4, -0.2) is 17.4 Å². The topological polar surface area (TPSA) is 54.0 Å². The number of nitrogens with one attached hydrogen (secondary N) is 2. The second kappa shape index (κ2) is 7.64. The minimum atomic E-state index is -0.301. The average Bonchev–Trinajstić information content (AvgIpc) is 2.89. The van der Waals surface area contributed by atoms with Crippen molar-refractivity contribution in [1.82, 2.24) is 10.3 Å². The monoisotopic (exact) mass is 343 g/mol. The van der Waals surface area contributed by atoms with Gasteiger partial charge in [0.2, 0.25) is 0 Å². The van der Waals surface area contributed by atoms with E-state index in [0.29, 0.717) is 21.7 Å². The van der Waals surface area contributed by atoms with E-state index < -0.39 is 0 Å². The van der Waals surface area contributed by atoms with E-state index in [9.17, 15) is 4.79 Å². The fourth-order valence-corrected chi connectivity index (χ4v) is 2.87. The zero-order valence-electron chi connectivity index (χ0n) is 11.5. The van der Waals surface area contributed by atoms with Gasteiger partial charge >= 0.3 is 0 Å². The summed E-state index contributed by atoms with van der Waals surface area (Å²) in [5.74, 6) is 0.343. The van der Waals surface area contributed by atoms with Crippen LogP contribution in [0.2, 0.25) is 9.36 Å². The standard InChI is InChI=1S/C14H15Cl2N3OS/c1-2-7-17-12-6-4-10(15)13(19-12)14(20)18-8-9-3-5-11(16)21-9/h3-6H,2,7-8H2,1H3,(H,17,19)(H,18,20). The molecule has 0 unspecified atom stereocenters. The van der Waals surface area contributed by atoms with Crippen LogP contribution in [0.3, 0.4) is 0 Å². The molecule has 0 saturated carbocycles. The smallest absolute Gasteiger partial charge is 0.271 e. The highest BCUT2D eigenvalue weighted by molar-refractivity contribution is 7.16. The molecule has 0 spiro atoms. The highest BCUT2D eigenvalue weighted by atomic mass is 35.5. The first kappa shape index (κ1) is 16.1. The Kier molecular flexibility index (Phi) is 5.85. The van der Waals surface area contributed by atoms with Crippen LogP contribution in [0.25, 0.3) is 0 Å². The van der Waals surface area contributed by atoms with Crippen LogP contribution in [0, 0.1) is 0 Å². The van der Waals surface area contributed by atoms with E-state index in [0.717, 1.165) is 17.8 Å². The van der Waals surface area contributed by atoms with Gasteiger partial charge in [-0.25, -0.2) is 4.98 Å². The van der Waals surface area contributed by atoms with E-state index in [-0.39, 0.29) is 11.6 Å². The fraction of sp³-hybridized carbons (Fsp3) is 0.286. The number of pyridine rings is 1. The molecule has 0 fully saturated rings. The predicted molar refractivity (Wildman–Crippen MR) is 88.5 cm³/mol. The summed E-state index contributed by atoms with van der Waals surface area (Å²) in [6, 6.07) is 7.10. The fourth-order valence-electron chi connectivity index (χ4n) is 1.65. The summed E-state index contributed by atoms with van der Waals surface area (Å²) < 4.78 is 0.696. The lowest BCUT2D eigenvalue weighted by molar-refractivity contribution is 0.0946. The quantitative estimate of drug-likeness (QED) is 0.826. The summed E-state index contributed by atoms with van der Waals surface area (Å²) in [6.45, 7) is 3.26. The van der Waals surface area contributed by atoms with Crippen molar-refractivity contribution in [3.8, 4) is 0 Å². The molecule has 0 radical (unpaired) electrons. The Labute approximate surface area is 137 Å². The molecule has 2 heterocycles. The normalized spacial score (nSPS) is 10.4. The highest BCUT2D eigenvalue weighted by Gasteiger charge is 2.13. The van der Waals surface area contributed by atoms with E-state index in [1.54, 1.807) is 18.2 Å². The molecule has 2 N–H and O–H groups in total. The van der Waals surface area contributed by atoms with Crippen LogP contribution < -0.4 is 10.6 Å². The molecule has 0 saturated heterocycles. The number of amides is 1. The second-order valence-corrected chi connectivity index (χ2v) is 6.55. The van der Waals surface area contributed by atoms with Gasteiger partial charge in [0, 0.05) is 11.4 Å². The van der Waals surface area contributed by atoms with Crippen LogP contribution in [0.5, 0.6) is 0 Å². The number of anilines is 1. The number of thiophene rings is 1. The van der Waals surface area contributed by atoms with Gasteiger partial charge in [0.15, 0.2) is 0 Å². The number of carbonyl (C=O) groups excluding carboxylic acids is 1. The summed E-state index contributed by atoms with van der Waals surface area (Å²) in [5.41, 5.74) is 0.223.